The van der Waals surface area contributed by atoms with Crippen molar-refractivity contribution in [3.63, 3.8) is 0 Å². The molecule has 0 bridgehead atoms. The zero-order valence-corrected chi connectivity index (χ0v) is 15.9. The van der Waals surface area contributed by atoms with Gasteiger partial charge in [-0.2, -0.15) is 0 Å². The van der Waals surface area contributed by atoms with Crippen molar-refractivity contribution >= 4 is 24.2 Å². The fourth-order valence-corrected chi connectivity index (χ4v) is 4.72. The van der Waals surface area contributed by atoms with Crippen LogP contribution < -0.4 is 10.6 Å². The van der Waals surface area contributed by atoms with E-state index >= 15 is 0 Å². The minimum Gasteiger partial charge on any atom is -0.345 e. The second-order valence-electron chi connectivity index (χ2n) is 7.62. The molecule has 0 radical (unpaired) electrons. The summed E-state index contributed by atoms with van der Waals surface area (Å²) in [6.45, 7) is 4.03. The quantitative estimate of drug-likeness (QED) is 0.850. The molecule has 6 heteroatoms. The average molecular weight is 378 g/mol. The highest BCUT2D eigenvalue weighted by molar-refractivity contribution is 5.99. The number of halogens is 1. The fraction of sp³-hybridized carbons (Fsp3) is 0.600. The Balaban J connectivity index is 0.00000196. The average Bonchev–Trinajstić information content (AvgIpc) is 2.98. The lowest BCUT2D eigenvalue weighted by Gasteiger charge is -2.38. The smallest absolute Gasteiger partial charge is 0.252 e. The van der Waals surface area contributed by atoms with Crippen molar-refractivity contribution in [2.45, 2.75) is 38.1 Å². The summed E-state index contributed by atoms with van der Waals surface area (Å²) in [6, 6.07) is 7.42. The number of rotatable bonds is 3. The van der Waals surface area contributed by atoms with Crippen LogP contribution in [0.4, 0.5) is 0 Å². The van der Waals surface area contributed by atoms with Crippen molar-refractivity contribution in [3.8, 4) is 0 Å². The second kappa shape index (κ2) is 8.40. The Morgan fingerprint density at radius 1 is 1.04 bits per heavy atom. The Hall–Kier alpha value is -1.59. The highest BCUT2D eigenvalue weighted by atomic mass is 35.5. The largest absolute Gasteiger partial charge is 0.345 e. The molecule has 5 nitrogen and oxygen atoms in total. The predicted octanol–water partition coefficient (Wildman–Crippen LogP) is 2.52. The SMILES string of the molecule is Cl.O=C1NC(CC(=O)N2CCC(C3CCNCC3)CC2)c2ccccc21. The van der Waals surface area contributed by atoms with Crippen molar-refractivity contribution < 1.29 is 9.59 Å². The number of nitrogens with zero attached hydrogens (tertiary/aromatic N) is 1. The molecule has 1 unspecified atom stereocenters. The van der Waals surface area contributed by atoms with Crippen LogP contribution >= 0.6 is 12.4 Å². The van der Waals surface area contributed by atoms with Gasteiger partial charge in [0.2, 0.25) is 5.91 Å². The molecule has 0 aromatic heterocycles. The van der Waals surface area contributed by atoms with Gasteiger partial charge in [0.15, 0.2) is 0 Å². The molecule has 3 aliphatic heterocycles. The van der Waals surface area contributed by atoms with Crippen LogP contribution in [0.5, 0.6) is 0 Å². The van der Waals surface area contributed by atoms with E-state index in [9.17, 15) is 9.59 Å². The number of nitrogens with one attached hydrogen (secondary N) is 2. The number of carbonyl (C=O) groups is 2. The first-order chi connectivity index (χ1) is 12.2. The van der Waals surface area contributed by atoms with E-state index in [1.54, 1.807) is 0 Å². The first-order valence-corrected chi connectivity index (χ1v) is 9.60. The number of hydrogen-bond acceptors (Lipinski definition) is 3. The maximum Gasteiger partial charge on any atom is 0.252 e. The molecule has 26 heavy (non-hydrogen) atoms. The molecule has 2 amide bonds. The van der Waals surface area contributed by atoms with E-state index < -0.39 is 0 Å². The lowest BCUT2D eigenvalue weighted by atomic mass is 9.79. The molecular formula is C20H28ClN3O2. The van der Waals surface area contributed by atoms with Crippen LogP contribution in [-0.2, 0) is 4.79 Å². The minimum absolute atomic E-state index is 0. The summed E-state index contributed by atoms with van der Waals surface area (Å²) in [5, 5.41) is 6.39. The summed E-state index contributed by atoms with van der Waals surface area (Å²) < 4.78 is 0. The van der Waals surface area contributed by atoms with Crippen molar-refractivity contribution in [1.29, 1.82) is 0 Å². The molecule has 0 spiro atoms. The third-order valence-electron chi connectivity index (χ3n) is 6.21. The first-order valence-electron chi connectivity index (χ1n) is 9.60. The van der Waals surface area contributed by atoms with Crippen LogP contribution in [0.25, 0.3) is 0 Å². The zero-order chi connectivity index (χ0) is 17.2. The molecular weight excluding hydrogens is 350 g/mol. The summed E-state index contributed by atoms with van der Waals surface area (Å²) >= 11 is 0. The molecule has 0 aliphatic carbocycles. The monoisotopic (exact) mass is 377 g/mol. The molecule has 3 heterocycles. The van der Waals surface area contributed by atoms with E-state index in [4.69, 9.17) is 0 Å². The number of piperidine rings is 2. The number of hydrogen-bond donors (Lipinski definition) is 2. The van der Waals surface area contributed by atoms with Gasteiger partial charge in [0.25, 0.3) is 5.91 Å². The van der Waals surface area contributed by atoms with Crippen LogP contribution in [0.3, 0.4) is 0 Å². The maximum absolute atomic E-state index is 12.7. The van der Waals surface area contributed by atoms with E-state index in [0.29, 0.717) is 12.0 Å². The van der Waals surface area contributed by atoms with Crippen molar-refractivity contribution in [1.82, 2.24) is 15.5 Å². The van der Waals surface area contributed by atoms with Crippen LogP contribution in [0, 0.1) is 11.8 Å². The van der Waals surface area contributed by atoms with Crippen molar-refractivity contribution in [3.05, 3.63) is 35.4 Å². The van der Waals surface area contributed by atoms with Gasteiger partial charge in [0, 0.05) is 18.7 Å². The van der Waals surface area contributed by atoms with Gasteiger partial charge in [-0.3, -0.25) is 9.59 Å². The summed E-state index contributed by atoms with van der Waals surface area (Å²) in [7, 11) is 0. The van der Waals surface area contributed by atoms with Gasteiger partial charge in [0.05, 0.1) is 12.5 Å². The predicted molar refractivity (Wildman–Crippen MR) is 103 cm³/mol. The Kier molecular flexibility index (Phi) is 6.20. The zero-order valence-electron chi connectivity index (χ0n) is 15.1. The van der Waals surface area contributed by atoms with Gasteiger partial charge < -0.3 is 15.5 Å². The third-order valence-corrected chi connectivity index (χ3v) is 6.21. The van der Waals surface area contributed by atoms with E-state index in [0.717, 1.165) is 56.4 Å². The fourth-order valence-electron chi connectivity index (χ4n) is 4.72. The normalized spacial score (nSPS) is 23.9. The number of amides is 2. The van der Waals surface area contributed by atoms with Gasteiger partial charge >= 0.3 is 0 Å². The standard InChI is InChI=1S/C20H27N3O2.ClH/c24-19(13-18-16-3-1-2-4-17(16)20(25)22-18)23-11-7-15(8-12-23)14-5-9-21-10-6-14;/h1-4,14-15,18,21H,5-13H2,(H,22,25);1H. The summed E-state index contributed by atoms with van der Waals surface area (Å²) in [6.07, 6.45) is 5.20. The van der Waals surface area contributed by atoms with Crippen LogP contribution in [0.15, 0.2) is 24.3 Å². The van der Waals surface area contributed by atoms with Crippen LogP contribution in [-0.4, -0.2) is 42.9 Å². The second-order valence-corrected chi connectivity index (χ2v) is 7.62. The summed E-state index contributed by atoms with van der Waals surface area (Å²) in [4.78, 5) is 26.7. The van der Waals surface area contributed by atoms with Gasteiger partial charge in [-0.25, -0.2) is 0 Å². The van der Waals surface area contributed by atoms with Gasteiger partial charge in [-0.05, 0) is 62.2 Å². The molecule has 0 saturated carbocycles. The van der Waals surface area contributed by atoms with Gasteiger partial charge in [0.1, 0.15) is 0 Å². The maximum atomic E-state index is 12.7. The molecule has 3 aliphatic rings. The molecule has 4 rings (SSSR count). The van der Waals surface area contributed by atoms with Gasteiger partial charge in [-0.1, -0.05) is 18.2 Å². The topological polar surface area (TPSA) is 61.4 Å². The van der Waals surface area contributed by atoms with E-state index in [1.807, 2.05) is 29.2 Å². The highest BCUT2D eigenvalue weighted by Crippen LogP contribution is 2.32. The lowest BCUT2D eigenvalue weighted by Crippen LogP contribution is -2.42. The molecule has 1 aromatic rings. The molecule has 142 valence electrons. The Morgan fingerprint density at radius 3 is 2.42 bits per heavy atom. The lowest BCUT2D eigenvalue weighted by molar-refractivity contribution is -0.133. The van der Waals surface area contributed by atoms with Crippen molar-refractivity contribution in [2.24, 2.45) is 11.8 Å². The number of carbonyl (C=O) groups excluding carboxylic acids is 2. The third kappa shape index (κ3) is 3.89. The highest BCUT2D eigenvalue weighted by Gasteiger charge is 2.33. The van der Waals surface area contributed by atoms with E-state index in [-0.39, 0.29) is 30.3 Å². The number of benzene rings is 1. The number of fused-ring (bicyclic) bond motifs is 1. The van der Waals surface area contributed by atoms with E-state index in [2.05, 4.69) is 10.6 Å². The first kappa shape index (κ1) is 19.2. The molecule has 2 saturated heterocycles. The van der Waals surface area contributed by atoms with Gasteiger partial charge in [-0.15, -0.1) is 12.4 Å². The Morgan fingerprint density at radius 2 is 1.69 bits per heavy atom. The molecule has 1 atom stereocenters. The Labute approximate surface area is 161 Å². The molecule has 2 N–H and O–H groups in total. The minimum atomic E-state index is -0.168. The summed E-state index contributed by atoms with van der Waals surface area (Å²) in [5.74, 6) is 1.72. The molecule has 2 fully saturated rings. The van der Waals surface area contributed by atoms with Crippen LogP contribution in [0.1, 0.15) is 54.1 Å². The van der Waals surface area contributed by atoms with Crippen LogP contribution in [0.2, 0.25) is 0 Å². The number of likely N-dealkylation sites (tertiary alicyclic amines) is 1. The van der Waals surface area contributed by atoms with Crippen molar-refractivity contribution in [2.75, 3.05) is 26.2 Å². The molecule has 1 aromatic carbocycles. The summed E-state index contributed by atoms with van der Waals surface area (Å²) in [5.41, 5.74) is 1.68. The Bertz CT molecular complexity index is 652. The van der Waals surface area contributed by atoms with E-state index in [1.165, 1.54) is 12.8 Å².